The van der Waals surface area contributed by atoms with Gasteiger partial charge in [0.1, 0.15) is 0 Å². The van der Waals surface area contributed by atoms with Crippen LogP contribution in [0.25, 0.3) is 6.08 Å². The van der Waals surface area contributed by atoms with Gasteiger partial charge in [-0.15, -0.1) is 0 Å². The zero-order valence-corrected chi connectivity index (χ0v) is 9.73. The maximum Gasteiger partial charge on any atom is 0.382 e. The molecule has 0 radical (unpaired) electrons. The summed E-state index contributed by atoms with van der Waals surface area (Å²) in [5, 5.41) is 0.569. The van der Waals surface area contributed by atoms with Crippen LogP contribution in [-0.2, 0) is 19.1 Å². The zero-order valence-electron chi connectivity index (χ0n) is 8.98. The van der Waals surface area contributed by atoms with E-state index in [1.54, 1.807) is 24.3 Å². The zero-order chi connectivity index (χ0) is 12.8. The monoisotopic (exact) mass is 252 g/mol. The van der Waals surface area contributed by atoms with Crippen LogP contribution in [0.2, 0.25) is 5.02 Å². The summed E-state index contributed by atoms with van der Waals surface area (Å²) in [5.74, 6) is -3.29. The average Bonchev–Trinajstić information content (AvgIpc) is 2.35. The van der Waals surface area contributed by atoms with Crippen molar-refractivity contribution < 1.29 is 19.1 Å². The van der Waals surface area contributed by atoms with E-state index < -0.39 is 17.5 Å². The molecule has 0 saturated heterocycles. The fourth-order valence-electron chi connectivity index (χ4n) is 1.01. The number of carbonyl (C=O) groups excluding carboxylic acids is 3. The van der Waals surface area contributed by atoms with E-state index in [1.807, 2.05) is 0 Å². The number of allylic oxidation sites excluding steroid dienone is 1. The Morgan fingerprint density at radius 2 is 1.76 bits per heavy atom. The van der Waals surface area contributed by atoms with Gasteiger partial charge in [0.25, 0.3) is 0 Å². The topological polar surface area (TPSA) is 60.4 Å². The molecule has 0 saturated carbocycles. The quantitative estimate of drug-likeness (QED) is 0.354. The smallest absolute Gasteiger partial charge is 0.382 e. The summed E-state index contributed by atoms with van der Waals surface area (Å²) in [6.07, 6.45) is 2.43. The van der Waals surface area contributed by atoms with Crippen molar-refractivity contribution in [2.45, 2.75) is 0 Å². The fourth-order valence-corrected chi connectivity index (χ4v) is 1.14. The van der Waals surface area contributed by atoms with Crippen LogP contribution in [0.5, 0.6) is 0 Å². The van der Waals surface area contributed by atoms with Crippen LogP contribution >= 0.6 is 11.6 Å². The summed E-state index contributed by atoms with van der Waals surface area (Å²) < 4.78 is 4.14. The van der Waals surface area contributed by atoms with Crippen molar-refractivity contribution in [3.8, 4) is 0 Å². The summed E-state index contributed by atoms with van der Waals surface area (Å²) in [5.41, 5.74) is 0.695. The molecule has 0 aliphatic heterocycles. The Morgan fingerprint density at radius 3 is 2.29 bits per heavy atom. The first-order valence-corrected chi connectivity index (χ1v) is 5.02. The van der Waals surface area contributed by atoms with Gasteiger partial charge in [-0.2, -0.15) is 0 Å². The first-order valence-electron chi connectivity index (χ1n) is 4.65. The first-order chi connectivity index (χ1) is 8.04. The lowest BCUT2D eigenvalue weighted by atomic mass is 10.1. The minimum Gasteiger partial charge on any atom is -0.463 e. The second-order valence-electron chi connectivity index (χ2n) is 3.07. The molecule has 0 aromatic heterocycles. The van der Waals surface area contributed by atoms with E-state index in [0.717, 1.165) is 13.2 Å². The molecule has 1 rings (SSSR count). The third-order valence-electron chi connectivity index (χ3n) is 1.89. The molecule has 0 spiro atoms. The van der Waals surface area contributed by atoms with Crippen molar-refractivity contribution in [1.82, 2.24) is 0 Å². The molecule has 0 aliphatic rings. The Bertz CT molecular complexity index is 474. The van der Waals surface area contributed by atoms with Crippen molar-refractivity contribution in [1.29, 1.82) is 0 Å². The molecule has 0 fully saturated rings. The lowest BCUT2D eigenvalue weighted by Crippen LogP contribution is -2.23. The van der Waals surface area contributed by atoms with Crippen LogP contribution in [-0.4, -0.2) is 24.6 Å². The van der Waals surface area contributed by atoms with Crippen molar-refractivity contribution in [3.63, 3.8) is 0 Å². The van der Waals surface area contributed by atoms with Crippen molar-refractivity contribution >= 4 is 35.2 Å². The molecule has 0 N–H and O–H groups in total. The molecule has 4 nitrogen and oxygen atoms in total. The molecule has 0 aliphatic carbocycles. The highest BCUT2D eigenvalue weighted by Crippen LogP contribution is 2.10. The number of Topliss-reactive ketones (excluding diaryl/α,β-unsaturated/α-hetero) is 1. The lowest BCUT2D eigenvalue weighted by Gasteiger charge is -1.94. The van der Waals surface area contributed by atoms with Gasteiger partial charge in [0.2, 0.25) is 5.78 Å². The normalized spacial score (nSPS) is 10.2. The summed E-state index contributed by atoms with van der Waals surface area (Å²) in [4.78, 5) is 33.0. The molecular weight excluding hydrogens is 244 g/mol. The van der Waals surface area contributed by atoms with Gasteiger partial charge >= 0.3 is 11.8 Å². The molecule has 17 heavy (non-hydrogen) atoms. The maximum atomic E-state index is 11.2. The van der Waals surface area contributed by atoms with Crippen LogP contribution in [0, 0.1) is 0 Å². The first kappa shape index (κ1) is 13.1. The predicted octanol–water partition coefficient (Wildman–Crippen LogP) is 1.66. The van der Waals surface area contributed by atoms with Crippen LogP contribution in [0.1, 0.15) is 5.56 Å². The molecule has 5 heteroatoms. The van der Waals surface area contributed by atoms with Crippen LogP contribution in [0.4, 0.5) is 0 Å². The van der Waals surface area contributed by atoms with E-state index in [-0.39, 0.29) is 0 Å². The van der Waals surface area contributed by atoms with Crippen LogP contribution in [0.15, 0.2) is 30.3 Å². The van der Waals surface area contributed by atoms with Crippen molar-refractivity contribution in [3.05, 3.63) is 40.9 Å². The van der Waals surface area contributed by atoms with Crippen LogP contribution < -0.4 is 0 Å². The third kappa shape index (κ3) is 3.85. The molecule has 0 amide bonds. The van der Waals surface area contributed by atoms with Gasteiger partial charge in [-0.3, -0.25) is 9.59 Å². The molecule has 1 aromatic rings. The second kappa shape index (κ2) is 5.96. The number of hydrogen-bond donors (Lipinski definition) is 0. The molecule has 88 valence electrons. The van der Waals surface area contributed by atoms with E-state index in [2.05, 4.69) is 4.74 Å². The number of carbonyl (C=O) groups is 3. The number of rotatable bonds is 4. The summed E-state index contributed by atoms with van der Waals surface area (Å²) in [6, 6.07) is 6.64. The molecular formula is C12H9ClO4. The third-order valence-corrected chi connectivity index (χ3v) is 2.14. The van der Waals surface area contributed by atoms with E-state index in [4.69, 9.17) is 11.6 Å². The molecule has 0 atom stereocenters. The number of benzene rings is 1. The fraction of sp³-hybridized carbons (Fsp3) is 0.0833. The van der Waals surface area contributed by atoms with Gasteiger partial charge in [-0.25, -0.2) is 4.79 Å². The highest BCUT2D eigenvalue weighted by Gasteiger charge is 2.20. The number of methoxy groups -OCH3 is 1. The Balaban J connectivity index is 2.71. The largest absolute Gasteiger partial charge is 0.463 e. The Kier molecular flexibility index (Phi) is 4.60. The SMILES string of the molecule is COC(=O)C(=O)C(=O)/C=C/c1ccc(Cl)cc1. The van der Waals surface area contributed by atoms with E-state index in [1.165, 1.54) is 6.08 Å². The van der Waals surface area contributed by atoms with Gasteiger partial charge in [0, 0.05) is 5.02 Å². The summed E-state index contributed by atoms with van der Waals surface area (Å²) in [7, 11) is 1.04. The predicted molar refractivity (Wildman–Crippen MR) is 62.5 cm³/mol. The molecule has 0 unspecified atom stereocenters. The van der Waals surface area contributed by atoms with Crippen molar-refractivity contribution in [2.75, 3.05) is 7.11 Å². The van der Waals surface area contributed by atoms with Crippen molar-refractivity contribution in [2.24, 2.45) is 0 Å². The average molecular weight is 253 g/mol. The van der Waals surface area contributed by atoms with Gasteiger partial charge in [-0.05, 0) is 23.8 Å². The number of ether oxygens (including phenoxy) is 1. The number of esters is 1. The number of hydrogen-bond acceptors (Lipinski definition) is 4. The van der Waals surface area contributed by atoms with E-state index in [9.17, 15) is 14.4 Å². The summed E-state index contributed by atoms with van der Waals surface area (Å²) >= 11 is 5.68. The molecule has 0 heterocycles. The molecule has 1 aromatic carbocycles. The Labute approximate surface area is 103 Å². The van der Waals surface area contributed by atoms with Gasteiger partial charge in [0.05, 0.1) is 7.11 Å². The molecule has 0 bridgehead atoms. The van der Waals surface area contributed by atoms with E-state index in [0.29, 0.717) is 10.6 Å². The van der Waals surface area contributed by atoms with Gasteiger partial charge in [0.15, 0.2) is 0 Å². The highest BCUT2D eigenvalue weighted by atomic mass is 35.5. The summed E-state index contributed by atoms with van der Waals surface area (Å²) in [6.45, 7) is 0. The van der Waals surface area contributed by atoms with Crippen LogP contribution in [0.3, 0.4) is 0 Å². The van der Waals surface area contributed by atoms with Gasteiger partial charge in [-0.1, -0.05) is 29.8 Å². The second-order valence-corrected chi connectivity index (χ2v) is 3.51. The van der Waals surface area contributed by atoms with Gasteiger partial charge < -0.3 is 4.74 Å². The maximum absolute atomic E-state index is 11.2. The minimum absolute atomic E-state index is 0.569. The Hall–Kier alpha value is -1.94. The number of ketones is 2. The highest BCUT2D eigenvalue weighted by molar-refractivity contribution is 6.64. The lowest BCUT2D eigenvalue weighted by molar-refractivity contribution is -0.154. The Morgan fingerprint density at radius 1 is 1.18 bits per heavy atom. The number of halogens is 1. The standard InChI is InChI=1S/C12H9ClO4/c1-17-12(16)11(15)10(14)7-4-8-2-5-9(13)6-3-8/h2-7H,1H3/b7-4+. The minimum atomic E-state index is -1.20. The van der Waals surface area contributed by atoms with E-state index >= 15 is 0 Å².